The first kappa shape index (κ1) is 9.69. The monoisotopic (exact) mass is 186 g/mol. The molecule has 13 heavy (non-hydrogen) atoms. The molecule has 0 aliphatic carbocycles. The SMILES string of the molecule is Cc1cn(CC(O)O)c(=O)[nH]c1=O. The highest BCUT2D eigenvalue weighted by Crippen LogP contribution is 1.86. The summed E-state index contributed by atoms with van der Waals surface area (Å²) in [6.45, 7) is 1.27. The molecule has 0 amide bonds. The average molecular weight is 186 g/mol. The molecule has 72 valence electrons. The maximum atomic E-state index is 11.0. The number of aromatic nitrogens is 2. The number of nitrogens with zero attached hydrogens (tertiary/aromatic N) is 1. The summed E-state index contributed by atoms with van der Waals surface area (Å²) in [5, 5.41) is 17.2. The molecule has 0 radical (unpaired) electrons. The lowest BCUT2D eigenvalue weighted by Gasteiger charge is -2.06. The number of aromatic amines is 1. The predicted molar refractivity (Wildman–Crippen MR) is 44.3 cm³/mol. The van der Waals surface area contributed by atoms with E-state index in [1.54, 1.807) is 0 Å². The second-order valence-corrected chi connectivity index (χ2v) is 2.70. The highest BCUT2D eigenvalue weighted by Gasteiger charge is 2.03. The van der Waals surface area contributed by atoms with E-state index in [0.717, 1.165) is 4.57 Å². The predicted octanol–water partition coefficient (Wildman–Crippen LogP) is -1.84. The fourth-order valence-electron chi connectivity index (χ4n) is 0.930. The largest absolute Gasteiger partial charge is 0.367 e. The normalized spacial score (nSPS) is 10.8. The highest BCUT2D eigenvalue weighted by molar-refractivity contribution is 5.00. The maximum Gasteiger partial charge on any atom is 0.328 e. The second-order valence-electron chi connectivity index (χ2n) is 2.70. The van der Waals surface area contributed by atoms with E-state index in [2.05, 4.69) is 0 Å². The van der Waals surface area contributed by atoms with E-state index < -0.39 is 17.5 Å². The van der Waals surface area contributed by atoms with Gasteiger partial charge in [-0.2, -0.15) is 0 Å². The number of rotatable bonds is 2. The molecule has 0 unspecified atom stereocenters. The molecule has 0 aromatic carbocycles. The maximum absolute atomic E-state index is 11.0. The van der Waals surface area contributed by atoms with Crippen molar-refractivity contribution in [3.05, 3.63) is 32.6 Å². The third-order valence-electron chi connectivity index (χ3n) is 1.55. The van der Waals surface area contributed by atoms with Gasteiger partial charge < -0.3 is 10.2 Å². The molecule has 0 saturated heterocycles. The van der Waals surface area contributed by atoms with Crippen LogP contribution in [0, 0.1) is 6.92 Å². The minimum Gasteiger partial charge on any atom is -0.367 e. The topological polar surface area (TPSA) is 95.3 Å². The Labute approximate surface area is 73.1 Å². The Morgan fingerprint density at radius 2 is 2.15 bits per heavy atom. The van der Waals surface area contributed by atoms with Gasteiger partial charge in [0, 0.05) is 11.8 Å². The molecule has 0 saturated carbocycles. The van der Waals surface area contributed by atoms with Crippen LogP contribution < -0.4 is 11.2 Å². The Balaban J connectivity index is 3.17. The van der Waals surface area contributed by atoms with Crippen molar-refractivity contribution >= 4 is 0 Å². The van der Waals surface area contributed by atoms with Gasteiger partial charge in [-0.15, -0.1) is 0 Å². The Morgan fingerprint density at radius 1 is 1.54 bits per heavy atom. The van der Waals surface area contributed by atoms with Crippen LogP contribution in [0.3, 0.4) is 0 Å². The first-order chi connectivity index (χ1) is 6.00. The van der Waals surface area contributed by atoms with Crippen molar-refractivity contribution in [3.8, 4) is 0 Å². The van der Waals surface area contributed by atoms with Crippen LogP contribution in [0.2, 0.25) is 0 Å². The van der Waals surface area contributed by atoms with Gasteiger partial charge in [-0.3, -0.25) is 14.3 Å². The van der Waals surface area contributed by atoms with Gasteiger partial charge in [0.15, 0.2) is 6.29 Å². The van der Waals surface area contributed by atoms with Gasteiger partial charge in [0.2, 0.25) is 0 Å². The molecule has 0 aliphatic rings. The standard InChI is InChI=1S/C7H10N2O4/c1-4-2-9(3-5(10)11)7(13)8-6(4)12/h2,5,10-11H,3H2,1H3,(H,8,12,13). The summed E-state index contributed by atoms with van der Waals surface area (Å²) in [6, 6.07) is 0. The summed E-state index contributed by atoms with van der Waals surface area (Å²) in [7, 11) is 0. The third-order valence-corrected chi connectivity index (χ3v) is 1.55. The first-order valence-corrected chi connectivity index (χ1v) is 3.67. The lowest BCUT2D eigenvalue weighted by molar-refractivity contribution is -0.0521. The molecule has 0 aliphatic heterocycles. The molecule has 0 spiro atoms. The quantitative estimate of drug-likeness (QED) is 0.473. The first-order valence-electron chi connectivity index (χ1n) is 3.67. The molecular formula is C7H10N2O4. The molecule has 1 aromatic rings. The van der Waals surface area contributed by atoms with Crippen LogP contribution >= 0.6 is 0 Å². The lowest BCUT2D eigenvalue weighted by Crippen LogP contribution is -2.33. The number of aryl methyl sites for hydroxylation is 1. The third kappa shape index (κ3) is 2.27. The van der Waals surface area contributed by atoms with Gasteiger partial charge in [-0.05, 0) is 6.92 Å². The second kappa shape index (κ2) is 3.55. The lowest BCUT2D eigenvalue weighted by atomic mass is 10.4. The summed E-state index contributed by atoms with van der Waals surface area (Å²) in [5.41, 5.74) is -0.766. The van der Waals surface area contributed by atoms with Crippen LogP contribution in [0.1, 0.15) is 5.56 Å². The van der Waals surface area contributed by atoms with Crippen molar-refractivity contribution in [1.82, 2.24) is 9.55 Å². The molecule has 3 N–H and O–H groups in total. The Morgan fingerprint density at radius 3 is 2.69 bits per heavy atom. The number of H-pyrrole nitrogens is 1. The van der Waals surface area contributed by atoms with Crippen molar-refractivity contribution in [2.24, 2.45) is 0 Å². The minimum atomic E-state index is -1.61. The molecule has 6 heteroatoms. The summed E-state index contributed by atoms with van der Waals surface area (Å²) in [6.07, 6.45) is -0.330. The fourth-order valence-corrected chi connectivity index (χ4v) is 0.930. The Hall–Kier alpha value is -1.40. The van der Waals surface area contributed by atoms with Gasteiger partial charge in [-0.25, -0.2) is 4.79 Å². The van der Waals surface area contributed by atoms with E-state index in [1.165, 1.54) is 13.1 Å². The van der Waals surface area contributed by atoms with Crippen LogP contribution in [0.25, 0.3) is 0 Å². The number of hydrogen-bond acceptors (Lipinski definition) is 4. The summed E-state index contributed by atoms with van der Waals surface area (Å²) < 4.78 is 1.03. The number of hydrogen-bond donors (Lipinski definition) is 3. The highest BCUT2D eigenvalue weighted by atomic mass is 16.5. The average Bonchev–Trinajstić information content (AvgIpc) is 1.99. The summed E-state index contributed by atoms with van der Waals surface area (Å²) in [4.78, 5) is 23.9. The summed E-state index contributed by atoms with van der Waals surface area (Å²) in [5.74, 6) is 0. The summed E-state index contributed by atoms with van der Waals surface area (Å²) >= 11 is 0. The fraction of sp³-hybridized carbons (Fsp3) is 0.429. The van der Waals surface area contributed by atoms with E-state index >= 15 is 0 Å². The zero-order valence-electron chi connectivity index (χ0n) is 7.02. The van der Waals surface area contributed by atoms with Gasteiger partial charge in [0.1, 0.15) is 0 Å². The van der Waals surface area contributed by atoms with Crippen molar-refractivity contribution in [2.75, 3.05) is 0 Å². The molecule has 0 atom stereocenters. The van der Waals surface area contributed by atoms with E-state index in [9.17, 15) is 9.59 Å². The van der Waals surface area contributed by atoms with Gasteiger partial charge in [-0.1, -0.05) is 0 Å². The van der Waals surface area contributed by atoms with Gasteiger partial charge >= 0.3 is 5.69 Å². The zero-order valence-corrected chi connectivity index (χ0v) is 7.02. The minimum absolute atomic E-state index is 0.254. The molecule has 0 bridgehead atoms. The van der Waals surface area contributed by atoms with Crippen LogP contribution in [-0.2, 0) is 6.54 Å². The van der Waals surface area contributed by atoms with Gasteiger partial charge in [0.25, 0.3) is 5.56 Å². The van der Waals surface area contributed by atoms with Crippen molar-refractivity contribution in [3.63, 3.8) is 0 Å². The van der Waals surface area contributed by atoms with E-state index in [1.807, 2.05) is 4.98 Å². The molecular weight excluding hydrogens is 176 g/mol. The smallest absolute Gasteiger partial charge is 0.328 e. The Kier molecular flexibility index (Phi) is 2.64. The van der Waals surface area contributed by atoms with Crippen LogP contribution in [-0.4, -0.2) is 26.1 Å². The molecule has 1 heterocycles. The molecule has 1 rings (SSSR count). The van der Waals surface area contributed by atoms with Gasteiger partial charge in [0.05, 0.1) is 6.54 Å². The van der Waals surface area contributed by atoms with Crippen LogP contribution in [0.15, 0.2) is 15.8 Å². The van der Waals surface area contributed by atoms with Crippen LogP contribution in [0.5, 0.6) is 0 Å². The number of nitrogens with one attached hydrogen (secondary N) is 1. The molecule has 1 aromatic heterocycles. The molecule has 0 fully saturated rings. The zero-order chi connectivity index (χ0) is 10.0. The van der Waals surface area contributed by atoms with Crippen molar-refractivity contribution < 1.29 is 10.2 Å². The number of aliphatic hydroxyl groups is 2. The van der Waals surface area contributed by atoms with E-state index in [-0.39, 0.29) is 6.54 Å². The van der Waals surface area contributed by atoms with Crippen molar-refractivity contribution in [2.45, 2.75) is 19.8 Å². The molecule has 6 nitrogen and oxygen atoms in total. The van der Waals surface area contributed by atoms with Crippen molar-refractivity contribution in [1.29, 1.82) is 0 Å². The Bertz CT molecular complexity index is 404. The number of aliphatic hydroxyl groups excluding tert-OH is 1. The van der Waals surface area contributed by atoms with E-state index in [0.29, 0.717) is 5.56 Å². The van der Waals surface area contributed by atoms with Crippen LogP contribution in [0.4, 0.5) is 0 Å². The van der Waals surface area contributed by atoms with E-state index in [4.69, 9.17) is 10.2 Å².